The van der Waals surface area contributed by atoms with Crippen LogP contribution in [0.25, 0.3) is 11.4 Å². The van der Waals surface area contributed by atoms with Crippen molar-refractivity contribution in [3.8, 4) is 11.4 Å². The molecule has 0 amide bonds. The normalized spacial score (nSPS) is 11.6. The molecule has 0 aliphatic heterocycles. The lowest BCUT2D eigenvalue weighted by Crippen LogP contribution is -2.14. The molecule has 100 valence electrons. The van der Waals surface area contributed by atoms with Gasteiger partial charge in [0, 0.05) is 21.1 Å². The van der Waals surface area contributed by atoms with E-state index in [1.807, 2.05) is 6.07 Å². The van der Waals surface area contributed by atoms with Gasteiger partial charge in [0.25, 0.3) is 0 Å². The number of hydrogen-bond acceptors (Lipinski definition) is 2. The van der Waals surface area contributed by atoms with Crippen LogP contribution in [-0.2, 0) is 5.41 Å². The van der Waals surface area contributed by atoms with E-state index in [9.17, 15) is 0 Å². The molecule has 0 radical (unpaired) electrons. The van der Waals surface area contributed by atoms with Crippen LogP contribution in [-0.4, -0.2) is 9.97 Å². The topological polar surface area (TPSA) is 28.7 Å². The maximum atomic E-state index is 5.28. The number of aromatic nitrogens is 2. The van der Waals surface area contributed by atoms with E-state index in [4.69, 9.17) is 12.2 Å². The third-order valence-electron chi connectivity index (χ3n) is 2.93. The molecule has 4 heteroatoms. The van der Waals surface area contributed by atoms with Crippen LogP contribution in [0.1, 0.15) is 32.0 Å². The van der Waals surface area contributed by atoms with Crippen molar-refractivity contribution >= 4 is 28.1 Å². The number of nitrogens with zero attached hydrogens (tertiary/aromatic N) is 1. The van der Waals surface area contributed by atoms with E-state index in [-0.39, 0.29) is 5.41 Å². The molecule has 0 atom stereocenters. The Labute approximate surface area is 127 Å². The zero-order valence-electron chi connectivity index (χ0n) is 11.5. The molecule has 0 unspecified atom stereocenters. The van der Waals surface area contributed by atoms with E-state index in [2.05, 4.69) is 71.8 Å². The summed E-state index contributed by atoms with van der Waals surface area (Å²) in [6, 6.07) is 8.14. The number of aromatic amines is 1. The van der Waals surface area contributed by atoms with Crippen molar-refractivity contribution in [2.75, 3.05) is 0 Å². The first-order valence-electron chi connectivity index (χ1n) is 6.16. The van der Waals surface area contributed by atoms with Crippen molar-refractivity contribution in [2.24, 2.45) is 0 Å². The fourth-order valence-corrected chi connectivity index (χ4v) is 2.69. The summed E-state index contributed by atoms with van der Waals surface area (Å²) in [5.74, 6) is 0.810. The summed E-state index contributed by atoms with van der Waals surface area (Å²) in [6.45, 7) is 8.53. The second-order valence-corrected chi connectivity index (χ2v) is 6.99. The quantitative estimate of drug-likeness (QED) is 0.727. The Morgan fingerprint density at radius 2 is 1.89 bits per heavy atom. The van der Waals surface area contributed by atoms with Crippen molar-refractivity contribution in [3.05, 3.63) is 44.6 Å². The average Bonchev–Trinajstić information content (AvgIpc) is 2.26. The zero-order valence-corrected chi connectivity index (χ0v) is 13.9. The molecule has 0 saturated heterocycles. The minimum absolute atomic E-state index is 0.0163. The van der Waals surface area contributed by atoms with Gasteiger partial charge in [0.15, 0.2) is 0 Å². The molecule has 2 nitrogen and oxygen atoms in total. The van der Waals surface area contributed by atoms with Gasteiger partial charge in [0.2, 0.25) is 0 Å². The number of hydrogen-bond donors (Lipinski definition) is 1. The molecule has 0 spiro atoms. The lowest BCUT2D eigenvalue weighted by Gasteiger charge is -2.19. The van der Waals surface area contributed by atoms with Crippen LogP contribution in [0.2, 0.25) is 0 Å². The first-order valence-corrected chi connectivity index (χ1v) is 7.36. The van der Waals surface area contributed by atoms with Crippen LogP contribution in [0.4, 0.5) is 0 Å². The number of benzene rings is 1. The largest absolute Gasteiger partial charge is 0.343 e. The molecule has 1 N–H and O–H groups in total. The van der Waals surface area contributed by atoms with E-state index in [0.29, 0.717) is 4.64 Å². The fourth-order valence-electron chi connectivity index (χ4n) is 1.80. The van der Waals surface area contributed by atoms with Gasteiger partial charge in [0.05, 0.1) is 0 Å². The molecule has 2 aromatic rings. The van der Waals surface area contributed by atoms with Crippen LogP contribution >= 0.6 is 28.1 Å². The first-order chi connectivity index (χ1) is 8.77. The lowest BCUT2D eigenvalue weighted by atomic mass is 9.92. The Kier molecular flexibility index (Phi) is 3.92. The molecule has 0 saturated carbocycles. The molecule has 0 aliphatic carbocycles. The van der Waals surface area contributed by atoms with Gasteiger partial charge in [-0.15, -0.1) is 0 Å². The van der Waals surface area contributed by atoms with Crippen LogP contribution in [0.3, 0.4) is 0 Å². The van der Waals surface area contributed by atoms with E-state index >= 15 is 0 Å². The maximum Gasteiger partial charge on any atom is 0.140 e. The summed E-state index contributed by atoms with van der Waals surface area (Å²) in [5, 5.41) is 0. The van der Waals surface area contributed by atoms with Gasteiger partial charge in [-0.25, -0.2) is 4.98 Å². The van der Waals surface area contributed by atoms with Gasteiger partial charge in [-0.2, -0.15) is 0 Å². The number of aryl methyl sites for hydroxylation is 1. The van der Waals surface area contributed by atoms with Crippen molar-refractivity contribution < 1.29 is 0 Å². The van der Waals surface area contributed by atoms with Crippen molar-refractivity contribution in [1.29, 1.82) is 0 Å². The van der Waals surface area contributed by atoms with Gasteiger partial charge >= 0.3 is 0 Å². The Hall–Kier alpha value is -1.00. The third-order valence-corrected chi connectivity index (χ3v) is 3.80. The van der Waals surface area contributed by atoms with Gasteiger partial charge in [-0.3, -0.25) is 0 Å². The predicted octanol–water partition coefficient (Wildman–Crippen LogP) is 5.17. The second-order valence-electron chi connectivity index (χ2n) is 5.71. The summed E-state index contributed by atoms with van der Waals surface area (Å²) in [4.78, 5) is 7.83. The molecular formula is C15H17BrN2S. The molecule has 0 fully saturated rings. The Bertz CT molecular complexity index is 669. The lowest BCUT2D eigenvalue weighted by molar-refractivity contribution is 0.567. The van der Waals surface area contributed by atoms with Gasteiger partial charge in [0.1, 0.15) is 10.5 Å². The highest BCUT2D eigenvalue weighted by molar-refractivity contribution is 9.10. The maximum absolute atomic E-state index is 5.28. The minimum Gasteiger partial charge on any atom is -0.343 e. The molecule has 1 heterocycles. The number of rotatable bonds is 1. The van der Waals surface area contributed by atoms with Crippen LogP contribution in [0.15, 0.2) is 28.7 Å². The van der Waals surface area contributed by atoms with Gasteiger partial charge in [-0.1, -0.05) is 55.0 Å². The SMILES string of the molecule is Cc1ccc(-c2nc(=S)cc(C(C)(C)C)[nH]2)c(Br)c1. The van der Waals surface area contributed by atoms with Gasteiger partial charge < -0.3 is 4.98 Å². The standard InChI is InChI=1S/C15H17BrN2S/c1-9-5-6-10(11(16)7-9)14-17-12(15(2,3)4)8-13(19)18-14/h5-8H,1-4H3,(H,17,18,19). The average molecular weight is 337 g/mol. The molecule has 19 heavy (non-hydrogen) atoms. The molecule has 2 rings (SSSR count). The third kappa shape index (κ3) is 3.31. The summed E-state index contributed by atoms with van der Waals surface area (Å²) in [6.07, 6.45) is 0. The minimum atomic E-state index is 0.0163. The number of nitrogens with one attached hydrogen (secondary N) is 1. The number of halogens is 1. The zero-order chi connectivity index (χ0) is 14.2. The van der Waals surface area contributed by atoms with Gasteiger partial charge in [-0.05, 0) is 30.7 Å². The smallest absolute Gasteiger partial charge is 0.140 e. The van der Waals surface area contributed by atoms with Crippen molar-refractivity contribution in [2.45, 2.75) is 33.1 Å². The summed E-state index contributed by atoms with van der Waals surface area (Å²) in [7, 11) is 0. The molecule has 1 aromatic heterocycles. The number of H-pyrrole nitrogens is 1. The summed E-state index contributed by atoms with van der Waals surface area (Å²) < 4.78 is 1.64. The highest BCUT2D eigenvalue weighted by atomic mass is 79.9. The predicted molar refractivity (Wildman–Crippen MR) is 86.0 cm³/mol. The first kappa shape index (κ1) is 14.4. The van der Waals surface area contributed by atoms with Crippen LogP contribution in [0, 0.1) is 11.6 Å². The van der Waals surface area contributed by atoms with E-state index in [1.165, 1.54) is 5.56 Å². The Balaban J connectivity index is 2.63. The fraction of sp³-hybridized carbons (Fsp3) is 0.333. The van der Waals surface area contributed by atoms with E-state index in [1.54, 1.807) is 0 Å². The van der Waals surface area contributed by atoms with Crippen LogP contribution < -0.4 is 0 Å². The molecular weight excluding hydrogens is 320 g/mol. The highest BCUT2D eigenvalue weighted by Gasteiger charge is 2.16. The molecule has 0 aliphatic rings. The molecule has 1 aromatic carbocycles. The monoisotopic (exact) mass is 336 g/mol. The molecule has 0 bridgehead atoms. The Morgan fingerprint density at radius 3 is 2.47 bits per heavy atom. The highest BCUT2D eigenvalue weighted by Crippen LogP contribution is 2.28. The summed E-state index contributed by atoms with van der Waals surface area (Å²) in [5.41, 5.74) is 3.35. The van der Waals surface area contributed by atoms with Crippen LogP contribution in [0.5, 0.6) is 0 Å². The van der Waals surface area contributed by atoms with E-state index in [0.717, 1.165) is 21.6 Å². The summed E-state index contributed by atoms with van der Waals surface area (Å²) >= 11 is 8.87. The van der Waals surface area contributed by atoms with E-state index < -0.39 is 0 Å². The Morgan fingerprint density at radius 1 is 1.21 bits per heavy atom. The second kappa shape index (κ2) is 5.17. The van der Waals surface area contributed by atoms with Crippen molar-refractivity contribution in [3.63, 3.8) is 0 Å². The van der Waals surface area contributed by atoms with Crippen molar-refractivity contribution in [1.82, 2.24) is 9.97 Å².